The molecule has 0 spiro atoms. The number of nitrogens with one attached hydrogen (secondary N) is 1. The molecule has 7 heteroatoms. The Hall–Kier alpha value is -3.32. The number of ether oxygens (including phenoxy) is 2. The fourth-order valence-electron chi connectivity index (χ4n) is 4.27. The van der Waals surface area contributed by atoms with Gasteiger partial charge in [0, 0.05) is 29.4 Å². The molecule has 2 amide bonds. The summed E-state index contributed by atoms with van der Waals surface area (Å²) in [5.41, 5.74) is 2.46. The average molecular weight is 582 g/mol. The van der Waals surface area contributed by atoms with E-state index in [0.29, 0.717) is 30.9 Å². The molecule has 3 aromatic rings. The van der Waals surface area contributed by atoms with Crippen LogP contribution in [-0.4, -0.2) is 42.5 Å². The Morgan fingerprint density at radius 3 is 2.18 bits per heavy atom. The van der Waals surface area contributed by atoms with Crippen LogP contribution in [-0.2, 0) is 29.0 Å². The quantitative estimate of drug-likeness (QED) is 0.304. The van der Waals surface area contributed by atoms with Crippen LogP contribution in [0.2, 0.25) is 0 Å². The number of hydrogen-bond acceptors (Lipinski definition) is 4. The highest BCUT2D eigenvalue weighted by Crippen LogP contribution is 2.28. The molecule has 3 aromatic carbocycles. The number of nitrogens with zero attached hydrogens (tertiary/aromatic N) is 1. The molecule has 1 N–H and O–H groups in total. The summed E-state index contributed by atoms with van der Waals surface area (Å²) in [7, 11) is 3.19. The summed E-state index contributed by atoms with van der Waals surface area (Å²) in [5.74, 6) is 0.996. The van der Waals surface area contributed by atoms with E-state index in [4.69, 9.17) is 9.47 Å². The zero-order valence-corrected chi connectivity index (χ0v) is 24.4. The van der Waals surface area contributed by atoms with E-state index in [1.165, 1.54) is 0 Å². The average Bonchev–Trinajstić information content (AvgIpc) is 2.88. The largest absolute Gasteiger partial charge is 0.493 e. The molecule has 6 nitrogen and oxygen atoms in total. The number of hydrogen-bond donors (Lipinski definition) is 1. The van der Waals surface area contributed by atoms with Gasteiger partial charge in [-0.1, -0.05) is 64.5 Å². The molecule has 0 radical (unpaired) electrons. The van der Waals surface area contributed by atoms with Crippen molar-refractivity contribution in [3.63, 3.8) is 0 Å². The van der Waals surface area contributed by atoms with Crippen molar-refractivity contribution >= 4 is 27.7 Å². The lowest BCUT2D eigenvalue weighted by atomic mass is 9.99. The molecule has 3 rings (SSSR count). The predicted octanol–water partition coefficient (Wildman–Crippen LogP) is 5.95. The summed E-state index contributed by atoms with van der Waals surface area (Å²) in [4.78, 5) is 29.2. The molecule has 0 heterocycles. The smallest absolute Gasteiger partial charge is 0.243 e. The Morgan fingerprint density at radius 2 is 1.55 bits per heavy atom. The Bertz CT molecular complexity index is 1220. The maximum Gasteiger partial charge on any atom is 0.243 e. The summed E-state index contributed by atoms with van der Waals surface area (Å²) >= 11 is 3.53. The van der Waals surface area contributed by atoms with Crippen LogP contribution in [0.3, 0.4) is 0 Å². The summed E-state index contributed by atoms with van der Waals surface area (Å²) in [6.45, 7) is 6.16. The van der Waals surface area contributed by atoms with Gasteiger partial charge in [0.15, 0.2) is 11.5 Å². The van der Waals surface area contributed by atoms with Gasteiger partial charge in [-0.2, -0.15) is 0 Å². The van der Waals surface area contributed by atoms with Crippen LogP contribution in [0.15, 0.2) is 77.3 Å². The summed E-state index contributed by atoms with van der Waals surface area (Å²) in [5, 5.41) is 3.10. The van der Waals surface area contributed by atoms with Gasteiger partial charge < -0.3 is 19.7 Å². The van der Waals surface area contributed by atoms with Gasteiger partial charge in [0.1, 0.15) is 6.04 Å². The van der Waals surface area contributed by atoms with Crippen LogP contribution in [0.4, 0.5) is 0 Å². The van der Waals surface area contributed by atoms with Crippen LogP contribution in [0.5, 0.6) is 11.5 Å². The maximum absolute atomic E-state index is 13.9. The van der Waals surface area contributed by atoms with Crippen molar-refractivity contribution in [2.24, 2.45) is 0 Å². The lowest BCUT2D eigenvalue weighted by Gasteiger charge is -2.34. The second-order valence-electron chi connectivity index (χ2n) is 10.3. The van der Waals surface area contributed by atoms with E-state index >= 15 is 0 Å². The zero-order valence-electron chi connectivity index (χ0n) is 22.8. The Morgan fingerprint density at radius 1 is 0.868 bits per heavy atom. The molecular weight excluding hydrogens is 544 g/mol. The first-order valence-corrected chi connectivity index (χ1v) is 13.5. The third kappa shape index (κ3) is 8.62. The summed E-state index contributed by atoms with van der Waals surface area (Å²) in [6, 6.07) is 22.6. The Labute approximate surface area is 234 Å². The molecule has 202 valence electrons. The second-order valence-corrected chi connectivity index (χ2v) is 11.2. The van der Waals surface area contributed by atoms with Crippen molar-refractivity contribution in [3.8, 4) is 11.5 Å². The molecule has 0 aliphatic heterocycles. The van der Waals surface area contributed by atoms with Gasteiger partial charge in [-0.3, -0.25) is 9.59 Å². The summed E-state index contributed by atoms with van der Waals surface area (Å²) in [6.07, 6.45) is 1.17. The molecule has 0 aliphatic carbocycles. The fraction of sp³-hybridized carbons (Fsp3) is 0.355. The van der Waals surface area contributed by atoms with Crippen molar-refractivity contribution in [2.45, 2.75) is 58.2 Å². The first-order valence-electron chi connectivity index (χ1n) is 12.7. The fourth-order valence-corrected chi connectivity index (χ4v) is 4.72. The zero-order chi connectivity index (χ0) is 27.7. The molecule has 0 saturated carbocycles. The number of carbonyl (C=O) groups excluding carboxylic acids is 2. The van der Waals surface area contributed by atoms with E-state index in [9.17, 15) is 9.59 Å². The number of carbonyl (C=O) groups is 2. The van der Waals surface area contributed by atoms with Crippen molar-refractivity contribution in [3.05, 3.63) is 94.0 Å². The topological polar surface area (TPSA) is 67.9 Å². The number of aryl methyl sites for hydroxylation is 1. The third-order valence-corrected chi connectivity index (χ3v) is 6.58. The number of methoxy groups -OCH3 is 2. The van der Waals surface area contributed by atoms with Gasteiger partial charge in [0.05, 0.1) is 14.2 Å². The van der Waals surface area contributed by atoms with Gasteiger partial charge in [0.25, 0.3) is 0 Å². The van der Waals surface area contributed by atoms with Crippen molar-refractivity contribution < 1.29 is 19.1 Å². The standard InChI is InChI=1S/C31H37BrN2O4/c1-31(2,3)33-30(36)26(19-22-10-7-6-8-11-22)34(21-24-12-9-13-25(32)18-24)29(35)17-15-23-14-16-27(37-4)28(20-23)38-5/h6-14,16,18,20,26H,15,17,19,21H2,1-5H3,(H,33,36)/t26-/m0/s1. The monoisotopic (exact) mass is 580 g/mol. The van der Waals surface area contributed by atoms with Gasteiger partial charge in [-0.25, -0.2) is 0 Å². The van der Waals surface area contributed by atoms with Crippen LogP contribution >= 0.6 is 15.9 Å². The van der Waals surface area contributed by atoms with E-state index in [1.54, 1.807) is 19.1 Å². The van der Waals surface area contributed by atoms with Gasteiger partial charge in [-0.05, 0) is 68.1 Å². The van der Waals surface area contributed by atoms with E-state index in [-0.39, 0.29) is 18.2 Å². The van der Waals surface area contributed by atoms with Crippen LogP contribution < -0.4 is 14.8 Å². The predicted molar refractivity (Wildman–Crippen MR) is 154 cm³/mol. The number of halogens is 1. The minimum atomic E-state index is -0.673. The Kier molecular flexibility index (Phi) is 10.4. The lowest BCUT2D eigenvalue weighted by Crippen LogP contribution is -2.54. The van der Waals surface area contributed by atoms with E-state index in [1.807, 2.05) is 93.6 Å². The first kappa shape index (κ1) is 29.2. The SMILES string of the molecule is COc1ccc(CCC(=O)N(Cc2cccc(Br)c2)[C@@H](Cc2ccccc2)C(=O)NC(C)(C)C)cc1OC. The Balaban J connectivity index is 1.93. The molecule has 0 aliphatic rings. The normalized spacial score (nSPS) is 11.9. The second kappa shape index (κ2) is 13.5. The van der Waals surface area contributed by atoms with Gasteiger partial charge in [-0.15, -0.1) is 0 Å². The highest BCUT2D eigenvalue weighted by molar-refractivity contribution is 9.10. The van der Waals surface area contributed by atoms with E-state index in [0.717, 1.165) is 21.2 Å². The number of amides is 2. The first-order chi connectivity index (χ1) is 18.1. The highest BCUT2D eigenvalue weighted by Gasteiger charge is 2.32. The molecule has 0 saturated heterocycles. The molecule has 0 unspecified atom stereocenters. The van der Waals surface area contributed by atoms with Crippen LogP contribution in [0.1, 0.15) is 43.9 Å². The van der Waals surface area contributed by atoms with E-state index < -0.39 is 11.6 Å². The van der Waals surface area contributed by atoms with Crippen LogP contribution in [0.25, 0.3) is 0 Å². The molecule has 0 aromatic heterocycles. The molecule has 0 bridgehead atoms. The lowest BCUT2D eigenvalue weighted by molar-refractivity contribution is -0.141. The van der Waals surface area contributed by atoms with E-state index in [2.05, 4.69) is 21.2 Å². The van der Waals surface area contributed by atoms with Gasteiger partial charge >= 0.3 is 0 Å². The minimum Gasteiger partial charge on any atom is -0.493 e. The van der Waals surface area contributed by atoms with Crippen molar-refractivity contribution in [2.75, 3.05) is 14.2 Å². The van der Waals surface area contributed by atoms with Crippen molar-refractivity contribution in [1.82, 2.24) is 10.2 Å². The van der Waals surface area contributed by atoms with Crippen LogP contribution in [0, 0.1) is 0 Å². The number of benzene rings is 3. The maximum atomic E-state index is 13.9. The minimum absolute atomic E-state index is 0.0928. The molecular formula is C31H37BrN2O4. The highest BCUT2D eigenvalue weighted by atomic mass is 79.9. The molecule has 38 heavy (non-hydrogen) atoms. The summed E-state index contributed by atoms with van der Waals surface area (Å²) < 4.78 is 11.7. The molecule has 1 atom stereocenters. The van der Waals surface area contributed by atoms with Gasteiger partial charge in [0.2, 0.25) is 11.8 Å². The molecule has 0 fully saturated rings. The van der Waals surface area contributed by atoms with Crippen molar-refractivity contribution in [1.29, 1.82) is 0 Å². The third-order valence-electron chi connectivity index (χ3n) is 6.09. The number of rotatable bonds is 11.